The summed E-state index contributed by atoms with van der Waals surface area (Å²) in [6.07, 6.45) is 4.18. The average molecular weight is 295 g/mol. The van der Waals surface area contributed by atoms with Crippen molar-refractivity contribution in [2.24, 2.45) is 5.10 Å². The zero-order chi connectivity index (χ0) is 15.6. The molecule has 5 nitrogen and oxygen atoms in total. The fourth-order valence-electron chi connectivity index (χ4n) is 2.55. The number of carbonyl (C=O) groups excluding carboxylic acids is 1. The van der Waals surface area contributed by atoms with Crippen molar-refractivity contribution in [3.05, 3.63) is 66.0 Å². The zero-order valence-electron chi connectivity index (χ0n) is 12.3. The molecule has 0 bridgehead atoms. The molecular weight excluding hydrogens is 278 g/mol. The number of carbonyl (C=O) groups is 1. The molecule has 1 unspecified atom stereocenters. The van der Waals surface area contributed by atoms with E-state index < -0.39 is 5.72 Å². The van der Waals surface area contributed by atoms with Crippen molar-refractivity contribution in [3.63, 3.8) is 0 Å². The second-order valence-corrected chi connectivity index (χ2v) is 5.24. The fourth-order valence-corrected chi connectivity index (χ4v) is 2.55. The van der Waals surface area contributed by atoms with E-state index in [1.807, 2.05) is 13.0 Å². The number of aliphatic hydroxyl groups is 1. The Hall–Kier alpha value is -2.53. The molecule has 0 aliphatic carbocycles. The highest BCUT2D eigenvalue weighted by Crippen LogP contribution is 2.36. The number of amides is 1. The Bertz CT molecular complexity index is 700. The van der Waals surface area contributed by atoms with Crippen LogP contribution in [-0.2, 0) is 5.72 Å². The number of nitrogens with zero attached hydrogens (tertiary/aromatic N) is 3. The number of hydrogen-bond acceptors (Lipinski definition) is 4. The van der Waals surface area contributed by atoms with E-state index in [2.05, 4.69) is 10.1 Å². The van der Waals surface area contributed by atoms with Gasteiger partial charge in [-0.05, 0) is 24.6 Å². The van der Waals surface area contributed by atoms with E-state index >= 15 is 0 Å². The maximum absolute atomic E-state index is 12.7. The molecule has 1 aliphatic rings. The summed E-state index contributed by atoms with van der Waals surface area (Å²) in [5.41, 5.74) is 0.361. The van der Waals surface area contributed by atoms with Gasteiger partial charge in [-0.25, -0.2) is 0 Å². The molecule has 5 heteroatoms. The summed E-state index contributed by atoms with van der Waals surface area (Å²) in [4.78, 5) is 16.8. The van der Waals surface area contributed by atoms with Crippen molar-refractivity contribution in [3.8, 4) is 0 Å². The molecule has 0 saturated carbocycles. The molecule has 0 fully saturated rings. The van der Waals surface area contributed by atoms with Crippen molar-refractivity contribution in [2.75, 3.05) is 0 Å². The second kappa shape index (κ2) is 5.69. The molecular formula is C17H17N3O2. The summed E-state index contributed by atoms with van der Waals surface area (Å²) in [7, 11) is 0. The van der Waals surface area contributed by atoms with Crippen LogP contribution in [0.2, 0.25) is 0 Å². The largest absolute Gasteiger partial charge is 0.365 e. The second-order valence-electron chi connectivity index (χ2n) is 5.24. The van der Waals surface area contributed by atoms with Crippen LogP contribution in [0.5, 0.6) is 0 Å². The van der Waals surface area contributed by atoms with E-state index in [4.69, 9.17) is 0 Å². The molecule has 1 atom stereocenters. The Balaban J connectivity index is 2.02. The molecule has 0 saturated heterocycles. The minimum Gasteiger partial charge on any atom is -0.365 e. The van der Waals surface area contributed by atoms with Gasteiger partial charge >= 0.3 is 0 Å². The Morgan fingerprint density at radius 3 is 2.68 bits per heavy atom. The first kappa shape index (κ1) is 14.4. The van der Waals surface area contributed by atoms with Gasteiger partial charge in [0, 0.05) is 35.7 Å². The lowest BCUT2D eigenvalue weighted by atomic mass is 9.97. The number of hydrazone groups is 1. The summed E-state index contributed by atoms with van der Waals surface area (Å²) in [5.74, 6) is -0.324. The Kier molecular flexibility index (Phi) is 3.73. The average Bonchev–Trinajstić information content (AvgIpc) is 2.94. The number of benzene rings is 1. The number of rotatable bonds is 3. The van der Waals surface area contributed by atoms with Gasteiger partial charge in [-0.1, -0.05) is 31.2 Å². The van der Waals surface area contributed by atoms with Crippen LogP contribution in [0.1, 0.15) is 35.7 Å². The lowest BCUT2D eigenvalue weighted by molar-refractivity contribution is -0.0767. The molecule has 3 rings (SSSR count). The van der Waals surface area contributed by atoms with Crippen LogP contribution in [0.4, 0.5) is 0 Å². The van der Waals surface area contributed by atoms with Crippen molar-refractivity contribution in [1.82, 2.24) is 9.99 Å². The first-order chi connectivity index (χ1) is 10.6. The molecule has 1 amide bonds. The molecule has 1 aromatic heterocycles. The standard InChI is InChI=1S/C17H17N3O2/c1-2-15-11-17(22,14-9-6-10-18-12-14)20(19-15)16(21)13-7-4-3-5-8-13/h3-10,12,22H,2,11H2,1H3. The third kappa shape index (κ3) is 2.40. The minimum absolute atomic E-state index is 0.299. The summed E-state index contributed by atoms with van der Waals surface area (Å²) < 4.78 is 0. The molecule has 1 aliphatic heterocycles. The maximum atomic E-state index is 12.7. The van der Waals surface area contributed by atoms with Crippen LogP contribution >= 0.6 is 0 Å². The highest BCUT2D eigenvalue weighted by molar-refractivity contribution is 5.98. The van der Waals surface area contributed by atoms with E-state index in [0.717, 1.165) is 5.71 Å². The SMILES string of the molecule is CCC1=NN(C(=O)c2ccccc2)C(O)(c2cccnc2)C1. The van der Waals surface area contributed by atoms with Crippen molar-refractivity contribution in [2.45, 2.75) is 25.5 Å². The monoisotopic (exact) mass is 295 g/mol. The van der Waals surface area contributed by atoms with E-state index in [9.17, 15) is 9.90 Å². The van der Waals surface area contributed by atoms with Gasteiger partial charge in [-0.15, -0.1) is 0 Å². The quantitative estimate of drug-likeness (QED) is 0.946. The van der Waals surface area contributed by atoms with Crippen molar-refractivity contribution >= 4 is 11.6 Å². The lowest BCUT2D eigenvalue weighted by Crippen LogP contribution is -2.43. The number of pyridine rings is 1. The molecule has 2 heterocycles. The van der Waals surface area contributed by atoms with Crippen molar-refractivity contribution < 1.29 is 9.90 Å². The first-order valence-electron chi connectivity index (χ1n) is 7.24. The number of aromatic nitrogens is 1. The Morgan fingerprint density at radius 1 is 1.27 bits per heavy atom. The minimum atomic E-state index is -1.48. The van der Waals surface area contributed by atoms with E-state index in [0.29, 0.717) is 24.0 Å². The summed E-state index contributed by atoms with van der Waals surface area (Å²) >= 11 is 0. The van der Waals surface area contributed by atoms with E-state index in [1.54, 1.807) is 48.8 Å². The van der Waals surface area contributed by atoms with Gasteiger partial charge in [0.05, 0.1) is 0 Å². The van der Waals surface area contributed by atoms with Gasteiger partial charge in [0.15, 0.2) is 5.72 Å². The van der Waals surface area contributed by atoms with Gasteiger partial charge in [0.2, 0.25) is 0 Å². The predicted octanol–water partition coefficient (Wildman–Crippen LogP) is 2.54. The topological polar surface area (TPSA) is 65.8 Å². The smallest absolute Gasteiger partial charge is 0.276 e. The van der Waals surface area contributed by atoms with Crippen LogP contribution in [-0.4, -0.2) is 26.7 Å². The van der Waals surface area contributed by atoms with Crippen LogP contribution in [0.3, 0.4) is 0 Å². The highest BCUT2D eigenvalue weighted by atomic mass is 16.3. The molecule has 22 heavy (non-hydrogen) atoms. The molecule has 1 N–H and O–H groups in total. The molecule has 0 spiro atoms. The Labute approximate surface area is 128 Å². The normalized spacial score (nSPS) is 20.8. The summed E-state index contributed by atoms with van der Waals surface area (Å²) in [6.45, 7) is 1.96. The summed E-state index contributed by atoms with van der Waals surface area (Å²) in [6, 6.07) is 12.3. The fraction of sp³-hybridized carbons (Fsp3) is 0.235. The Morgan fingerprint density at radius 2 is 2.05 bits per heavy atom. The van der Waals surface area contributed by atoms with Gasteiger partial charge in [0.25, 0.3) is 5.91 Å². The van der Waals surface area contributed by atoms with Gasteiger partial charge in [-0.3, -0.25) is 9.78 Å². The molecule has 2 aromatic rings. The third-order valence-corrected chi connectivity index (χ3v) is 3.79. The van der Waals surface area contributed by atoms with E-state index in [1.165, 1.54) is 5.01 Å². The number of hydrogen-bond donors (Lipinski definition) is 1. The van der Waals surface area contributed by atoms with Crippen LogP contribution in [0, 0.1) is 0 Å². The third-order valence-electron chi connectivity index (χ3n) is 3.79. The molecule has 1 aromatic carbocycles. The van der Waals surface area contributed by atoms with Crippen LogP contribution in [0.25, 0.3) is 0 Å². The first-order valence-corrected chi connectivity index (χ1v) is 7.24. The molecule has 112 valence electrons. The maximum Gasteiger partial charge on any atom is 0.276 e. The van der Waals surface area contributed by atoms with Gasteiger partial charge in [0.1, 0.15) is 0 Å². The molecule has 0 radical (unpaired) electrons. The van der Waals surface area contributed by atoms with Gasteiger partial charge < -0.3 is 5.11 Å². The predicted molar refractivity (Wildman–Crippen MR) is 83.1 cm³/mol. The van der Waals surface area contributed by atoms with Crippen molar-refractivity contribution in [1.29, 1.82) is 0 Å². The zero-order valence-corrected chi connectivity index (χ0v) is 12.3. The van der Waals surface area contributed by atoms with Crippen LogP contribution in [0.15, 0.2) is 60.0 Å². The highest BCUT2D eigenvalue weighted by Gasteiger charge is 2.45. The summed E-state index contributed by atoms with van der Waals surface area (Å²) in [5, 5.41) is 16.6. The van der Waals surface area contributed by atoms with Crippen LogP contribution < -0.4 is 0 Å². The van der Waals surface area contributed by atoms with Gasteiger partial charge in [-0.2, -0.15) is 10.1 Å². The van der Waals surface area contributed by atoms with E-state index in [-0.39, 0.29) is 5.91 Å². The lowest BCUT2D eigenvalue weighted by Gasteiger charge is -2.31.